The van der Waals surface area contributed by atoms with Crippen LogP contribution in [0.1, 0.15) is 22.4 Å². The number of rotatable bonds is 5. The van der Waals surface area contributed by atoms with Crippen LogP contribution in [0.4, 0.5) is 18.9 Å². The topological polar surface area (TPSA) is 67.2 Å². The molecule has 2 N–H and O–H groups in total. The van der Waals surface area contributed by atoms with Crippen molar-refractivity contribution in [3.8, 4) is 0 Å². The highest BCUT2D eigenvalue weighted by molar-refractivity contribution is 5.91. The van der Waals surface area contributed by atoms with Gasteiger partial charge in [0.25, 0.3) is 0 Å². The molecule has 5 nitrogen and oxygen atoms in total. The van der Waals surface area contributed by atoms with E-state index in [4.69, 9.17) is 5.11 Å². The number of halogens is 3. The third-order valence-corrected chi connectivity index (χ3v) is 3.46. The van der Waals surface area contributed by atoms with Crippen LogP contribution in [0.3, 0.4) is 0 Å². The average Bonchev–Trinajstić information content (AvgIpc) is 2.86. The summed E-state index contributed by atoms with van der Waals surface area (Å²) in [6.07, 6.45) is -3.66. The average molecular weight is 341 g/mol. The van der Waals surface area contributed by atoms with Crippen molar-refractivity contribution in [3.05, 3.63) is 46.8 Å². The Morgan fingerprint density at radius 2 is 2.04 bits per heavy atom. The van der Waals surface area contributed by atoms with Gasteiger partial charge in [-0.2, -0.15) is 18.3 Å². The van der Waals surface area contributed by atoms with Gasteiger partial charge in [0.2, 0.25) is 5.91 Å². The minimum atomic E-state index is -4.63. The smallest absolute Gasteiger partial charge is 0.396 e. The summed E-state index contributed by atoms with van der Waals surface area (Å²) in [5.41, 5.74) is 1.21. The lowest BCUT2D eigenvalue weighted by Gasteiger charge is -2.09. The van der Waals surface area contributed by atoms with Crippen LogP contribution in [0.2, 0.25) is 0 Å². The van der Waals surface area contributed by atoms with Gasteiger partial charge >= 0.3 is 6.18 Å². The number of aliphatic hydroxyl groups excluding tert-OH is 1. The van der Waals surface area contributed by atoms with E-state index >= 15 is 0 Å². The summed E-state index contributed by atoms with van der Waals surface area (Å²) in [6, 6.07) is 5.53. The SMILES string of the molecule is Cc1ccc(C)c(NC(=O)Cn2cc(CCO)c(C(F)(F)F)n2)c1. The Balaban J connectivity index is 2.15. The Labute approximate surface area is 137 Å². The molecule has 8 heteroatoms. The van der Waals surface area contributed by atoms with Crippen molar-refractivity contribution in [2.45, 2.75) is 33.0 Å². The maximum atomic E-state index is 12.9. The van der Waals surface area contributed by atoms with Gasteiger partial charge in [0, 0.05) is 24.1 Å². The third-order valence-electron chi connectivity index (χ3n) is 3.46. The zero-order chi connectivity index (χ0) is 17.9. The second-order valence-corrected chi connectivity index (χ2v) is 5.54. The largest absolute Gasteiger partial charge is 0.435 e. The molecule has 0 unspecified atom stereocenters. The normalized spacial score (nSPS) is 11.6. The van der Waals surface area contributed by atoms with Crippen LogP contribution < -0.4 is 5.32 Å². The molecule has 0 saturated heterocycles. The number of benzene rings is 1. The molecule has 0 radical (unpaired) electrons. The summed E-state index contributed by atoms with van der Waals surface area (Å²) in [5, 5.41) is 15.0. The van der Waals surface area contributed by atoms with Crippen LogP contribution in [-0.4, -0.2) is 27.4 Å². The number of nitrogens with one attached hydrogen (secondary N) is 1. The molecule has 0 aliphatic heterocycles. The summed E-state index contributed by atoms with van der Waals surface area (Å²) in [5.74, 6) is -0.476. The fraction of sp³-hybridized carbons (Fsp3) is 0.375. The molecule has 0 aliphatic carbocycles. The molecule has 0 fully saturated rings. The van der Waals surface area contributed by atoms with Crippen molar-refractivity contribution in [1.82, 2.24) is 9.78 Å². The van der Waals surface area contributed by atoms with Gasteiger partial charge in [-0.05, 0) is 37.5 Å². The highest BCUT2D eigenvalue weighted by Crippen LogP contribution is 2.30. The molecule has 2 aromatic rings. The number of alkyl halides is 3. The first-order valence-electron chi connectivity index (χ1n) is 7.32. The van der Waals surface area contributed by atoms with E-state index in [1.165, 1.54) is 0 Å². The van der Waals surface area contributed by atoms with Gasteiger partial charge in [0.15, 0.2) is 5.69 Å². The number of amides is 1. The molecule has 0 atom stereocenters. The van der Waals surface area contributed by atoms with Crippen LogP contribution in [0.15, 0.2) is 24.4 Å². The first kappa shape index (κ1) is 18.0. The predicted molar refractivity (Wildman–Crippen MR) is 82.6 cm³/mol. The number of hydrogen-bond acceptors (Lipinski definition) is 3. The number of carbonyl (C=O) groups excluding carboxylic acids is 1. The Hall–Kier alpha value is -2.35. The van der Waals surface area contributed by atoms with Crippen molar-refractivity contribution < 1.29 is 23.1 Å². The molecule has 1 aromatic heterocycles. The Kier molecular flexibility index (Phi) is 5.28. The van der Waals surface area contributed by atoms with E-state index in [1.54, 1.807) is 6.07 Å². The molecule has 0 spiro atoms. The minimum absolute atomic E-state index is 0.135. The van der Waals surface area contributed by atoms with Gasteiger partial charge in [-0.25, -0.2) is 0 Å². The number of hydrogen-bond donors (Lipinski definition) is 2. The fourth-order valence-electron chi connectivity index (χ4n) is 2.29. The summed E-state index contributed by atoms with van der Waals surface area (Å²) < 4.78 is 39.7. The van der Waals surface area contributed by atoms with Crippen molar-refractivity contribution in [1.29, 1.82) is 0 Å². The number of nitrogens with zero attached hydrogens (tertiary/aromatic N) is 2. The highest BCUT2D eigenvalue weighted by atomic mass is 19.4. The minimum Gasteiger partial charge on any atom is -0.396 e. The van der Waals surface area contributed by atoms with Gasteiger partial charge in [-0.1, -0.05) is 12.1 Å². The highest BCUT2D eigenvalue weighted by Gasteiger charge is 2.37. The van der Waals surface area contributed by atoms with Crippen molar-refractivity contribution in [2.24, 2.45) is 0 Å². The molecule has 1 heterocycles. The van der Waals surface area contributed by atoms with Crippen LogP contribution in [0.5, 0.6) is 0 Å². The molecule has 0 aliphatic rings. The standard InChI is InChI=1S/C16H18F3N3O2/c1-10-3-4-11(2)13(7-10)20-14(24)9-22-8-12(5-6-23)15(21-22)16(17,18)19/h3-4,7-8,23H,5-6,9H2,1-2H3,(H,20,24). The van der Waals surface area contributed by atoms with Crippen LogP contribution in [0, 0.1) is 13.8 Å². The molecular weight excluding hydrogens is 323 g/mol. The number of aryl methyl sites for hydroxylation is 2. The number of aromatic nitrogens is 2. The van der Waals surface area contributed by atoms with E-state index in [0.717, 1.165) is 22.0 Å². The first-order valence-corrected chi connectivity index (χ1v) is 7.32. The van der Waals surface area contributed by atoms with Gasteiger partial charge in [0.05, 0.1) is 0 Å². The van der Waals surface area contributed by atoms with E-state index in [0.29, 0.717) is 5.69 Å². The van der Waals surface area contributed by atoms with Crippen LogP contribution >= 0.6 is 0 Å². The molecular formula is C16H18F3N3O2. The Morgan fingerprint density at radius 3 is 2.67 bits per heavy atom. The summed E-state index contributed by atoms with van der Waals surface area (Å²) >= 11 is 0. The number of aliphatic hydroxyl groups is 1. The van der Waals surface area contributed by atoms with Gasteiger partial charge < -0.3 is 10.4 Å². The second-order valence-electron chi connectivity index (χ2n) is 5.54. The lowest BCUT2D eigenvalue weighted by molar-refractivity contribution is -0.142. The predicted octanol–water partition coefficient (Wildman–Crippen LogP) is 2.69. The summed E-state index contributed by atoms with van der Waals surface area (Å²) in [6.45, 7) is 2.93. The van der Waals surface area contributed by atoms with Gasteiger partial charge in [-0.3, -0.25) is 9.48 Å². The molecule has 24 heavy (non-hydrogen) atoms. The third kappa shape index (κ3) is 4.35. The van der Waals surface area contributed by atoms with E-state index in [9.17, 15) is 18.0 Å². The Morgan fingerprint density at radius 1 is 1.33 bits per heavy atom. The lowest BCUT2D eigenvalue weighted by atomic mass is 10.1. The number of anilines is 1. The van der Waals surface area contributed by atoms with Crippen molar-refractivity contribution in [2.75, 3.05) is 11.9 Å². The van der Waals surface area contributed by atoms with E-state index in [2.05, 4.69) is 10.4 Å². The maximum absolute atomic E-state index is 12.9. The fourth-order valence-corrected chi connectivity index (χ4v) is 2.29. The lowest BCUT2D eigenvalue weighted by Crippen LogP contribution is -2.20. The Bertz CT molecular complexity index is 739. The first-order chi connectivity index (χ1) is 11.2. The van der Waals surface area contributed by atoms with E-state index < -0.39 is 24.4 Å². The monoisotopic (exact) mass is 341 g/mol. The van der Waals surface area contributed by atoms with E-state index in [1.807, 2.05) is 26.0 Å². The van der Waals surface area contributed by atoms with Crippen LogP contribution in [-0.2, 0) is 23.9 Å². The van der Waals surface area contributed by atoms with Crippen LogP contribution in [0.25, 0.3) is 0 Å². The van der Waals surface area contributed by atoms with Gasteiger partial charge in [-0.15, -0.1) is 0 Å². The quantitative estimate of drug-likeness (QED) is 0.879. The molecule has 1 aromatic carbocycles. The molecule has 2 rings (SSSR count). The zero-order valence-corrected chi connectivity index (χ0v) is 13.3. The van der Waals surface area contributed by atoms with Crippen molar-refractivity contribution in [3.63, 3.8) is 0 Å². The van der Waals surface area contributed by atoms with Gasteiger partial charge in [0.1, 0.15) is 6.54 Å². The second kappa shape index (κ2) is 7.04. The summed E-state index contributed by atoms with van der Waals surface area (Å²) in [7, 11) is 0. The molecule has 130 valence electrons. The van der Waals surface area contributed by atoms with Crippen molar-refractivity contribution >= 4 is 11.6 Å². The molecule has 0 saturated carbocycles. The summed E-state index contributed by atoms with van der Waals surface area (Å²) in [4.78, 5) is 12.1. The van der Waals surface area contributed by atoms with E-state index in [-0.39, 0.29) is 18.5 Å². The zero-order valence-electron chi connectivity index (χ0n) is 13.3. The molecule has 1 amide bonds. The maximum Gasteiger partial charge on any atom is 0.435 e. The molecule has 0 bridgehead atoms. The number of carbonyl (C=O) groups is 1.